The van der Waals surface area contributed by atoms with E-state index < -0.39 is 10.0 Å². The monoisotopic (exact) mass is 312 g/mol. The van der Waals surface area contributed by atoms with Crippen LogP contribution in [-0.4, -0.2) is 38.0 Å². The molecule has 21 heavy (non-hydrogen) atoms. The number of sulfonamides is 1. The Kier molecular flexibility index (Phi) is 5.03. The molecule has 118 valence electrons. The first-order chi connectivity index (χ1) is 9.90. The minimum Gasteiger partial charge on any atom is -0.375 e. The van der Waals surface area contributed by atoms with E-state index >= 15 is 0 Å². The van der Waals surface area contributed by atoms with Crippen molar-refractivity contribution in [3.8, 4) is 0 Å². The highest BCUT2D eigenvalue weighted by molar-refractivity contribution is 7.89. The quantitative estimate of drug-likeness (QED) is 0.914. The normalized spacial score (nSPS) is 24.2. The molecule has 0 bridgehead atoms. The van der Waals surface area contributed by atoms with Crippen molar-refractivity contribution < 1.29 is 13.2 Å². The molecule has 1 aliphatic rings. The van der Waals surface area contributed by atoms with Crippen LogP contribution in [0.15, 0.2) is 23.1 Å². The number of hydrogen-bond donors (Lipinski definition) is 1. The Bertz CT molecular complexity index is 601. The molecule has 0 aliphatic carbocycles. The van der Waals surface area contributed by atoms with Crippen LogP contribution in [0.5, 0.6) is 0 Å². The van der Waals surface area contributed by atoms with Gasteiger partial charge in [0.1, 0.15) is 0 Å². The Hall–Kier alpha value is -0.950. The molecule has 0 saturated carbocycles. The van der Waals surface area contributed by atoms with Gasteiger partial charge in [-0.2, -0.15) is 4.31 Å². The minimum absolute atomic E-state index is 0.0835. The molecule has 2 unspecified atom stereocenters. The molecule has 1 saturated heterocycles. The van der Waals surface area contributed by atoms with Gasteiger partial charge in [-0.15, -0.1) is 0 Å². The van der Waals surface area contributed by atoms with Crippen molar-refractivity contribution in [3.63, 3.8) is 0 Å². The van der Waals surface area contributed by atoms with Gasteiger partial charge in [-0.05, 0) is 43.5 Å². The van der Waals surface area contributed by atoms with Crippen LogP contribution in [0.25, 0.3) is 0 Å². The molecule has 2 rings (SSSR count). The number of nitrogens with two attached hydrogens (primary N) is 1. The lowest BCUT2D eigenvalue weighted by atomic mass is 10.1. The number of benzene rings is 1. The molecule has 1 aromatic rings. The van der Waals surface area contributed by atoms with Crippen molar-refractivity contribution in [2.75, 3.05) is 13.2 Å². The van der Waals surface area contributed by atoms with Crippen LogP contribution < -0.4 is 5.73 Å². The molecule has 1 aromatic carbocycles. The van der Waals surface area contributed by atoms with E-state index in [2.05, 4.69) is 0 Å². The molecule has 1 aliphatic heterocycles. The standard InChI is InChI=1S/C15H24N2O3S/c1-4-13-5-6-15(7-14(13)8-16)21(18,19)17-9-12(3)20-10-11(17)2/h5-7,11-12H,4,8-10,16H2,1-3H3. The highest BCUT2D eigenvalue weighted by Crippen LogP contribution is 2.24. The zero-order valence-corrected chi connectivity index (χ0v) is 13.7. The van der Waals surface area contributed by atoms with Crippen LogP contribution >= 0.6 is 0 Å². The van der Waals surface area contributed by atoms with E-state index in [0.29, 0.717) is 24.6 Å². The molecule has 1 fully saturated rings. The molecule has 0 amide bonds. The lowest BCUT2D eigenvalue weighted by Gasteiger charge is -2.35. The van der Waals surface area contributed by atoms with Crippen molar-refractivity contribution in [3.05, 3.63) is 29.3 Å². The zero-order chi connectivity index (χ0) is 15.6. The highest BCUT2D eigenvalue weighted by Gasteiger charge is 2.34. The SMILES string of the molecule is CCc1ccc(S(=O)(=O)N2CC(C)OCC2C)cc1CN. The van der Waals surface area contributed by atoms with Gasteiger partial charge in [0.2, 0.25) is 10.0 Å². The van der Waals surface area contributed by atoms with Gasteiger partial charge in [0.25, 0.3) is 0 Å². The maximum absolute atomic E-state index is 12.8. The number of hydrogen-bond acceptors (Lipinski definition) is 4. The summed E-state index contributed by atoms with van der Waals surface area (Å²) in [5.74, 6) is 0. The predicted molar refractivity (Wildman–Crippen MR) is 82.5 cm³/mol. The Balaban J connectivity index is 2.39. The minimum atomic E-state index is -3.50. The van der Waals surface area contributed by atoms with E-state index in [9.17, 15) is 8.42 Å². The lowest BCUT2D eigenvalue weighted by Crippen LogP contribution is -2.50. The maximum Gasteiger partial charge on any atom is 0.243 e. The Morgan fingerprint density at radius 2 is 2.05 bits per heavy atom. The van der Waals surface area contributed by atoms with Crippen molar-refractivity contribution in [1.29, 1.82) is 0 Å². The molecule has 6 heteroatoms. The van der Waals surface area contributed by atoms with Crippen LogP contribution in [0.1, 0.15) is 31.9 Å². The number of morpholine rings is 1. The third-order valence-corrected chi connectivity index (χ3v) is 5.91. The topological polar surface area (TPSA) is 72.6 Å². The van der Waals surface area contributed by atoms with Crippen LogP contribution in [0.3, 0.4) is 0 Å². The fraction of sp³-hybridized carbons (Fsp3) is 0.600. The van der Waals surface area contributed by atoms with Gasteiger partial charge < -0.3 is 10.5 Å². The van der Waals surface area contributed by atoms with Crippen LogP contribution in [-0.2, 0) is 27.7 Å². The van der Waals surface area contributed by atoms with Crippen molar-refractivity contribution in [2.45, 2.75) is 50.8 Å². The number of ether oxygens (including phenoxy) is 1. The first kappa shape index (κ1) is 16.4. The third kappa shape index (κ3) is 3.29. The maximum atomic E-state index is 12.8. The fourth-order valence-electron chi connectivity index (χ4n) is 2.64. The molecular weight excluding hydrogens is 288 g/mol. The summed E-state index contributed by atoms with van der Waals surface area (Å²) in [5.41, 5.74) is 7.73. The predicted octanol–water partition coefficient (Wildman–Crippen LogP) is 1.51. The summed E-state index contributed by atoms with van der Waals surface area (Å²) in [6.07, 6.45) is 0.762. The first-order valence-corrected chi connectivity index (χ1v) is 8.79. The second-order valence-electron chi connectivity index (χ2n) is 5.56. The van der Waals surface area contributed by atoms with Crippen molar-refractivity contribution >= 4 is 10.0 Å². The van der Waals surface area contributed by atoms with Gasteiger partial charge in [-0.25, -0.2) is 8.42 Å². The molecule has 1 heterocycles. The van der Waals surface area contributed by atoms with Crippen LogP contribution in [0.4, 0.5) is 0 Å². The molecular formula is C15H24N2O3S. The van der Waals surface area contributed by atoms with E-state index in [1.807, 2.05) is 26.8 Å². The van der Waals surface area contributed by atoms with E-state index in [1.54, 1.807) is 12.1 Å². The second-order valence-corrected chi connectivity index (χ2v) is 7.45. The van der Waals surface area contributed by atoms with E-state index in [4.69, 9.17) is 10.5 Å². The zero-order valence-electron chi connectivity index (χ0n) is 12.9. The molecule has 0 radical (unpaired) electrons. The van der Waals surface area contributed by atoms with E-state index in [1.165, 1.54) is 4.31 Å². The summed E-state index contributed by atoms with van der Waals surface area (Å²) in [4.78, 5) is 0.320. The van der Waals surface area contributed by atoms with Crippen LogP contribution in [0.2, 0.25) is 0 Å². The summed E-state index contributed by atoms with van der Waals surface area (Å²) < 4.78 is 32.7. The lowest BCUT2D eigenvalue weighted by molar-refractivity contribution is -0.0170. The highest BCUT2D eigenvalue weighted by atomic mass is 32.2. The summed E-state index contributed by atoms with van der Waals surface area (Å²) >= 11 is 0. The fourth-order valence-corrected chi connectivity index (χ4v) is 4.38. The Morgan fingerprint density at radius 3 is 2.67 bits per heavy atom. The number of rotatable bonds is 4. The van der Waals surface area contributed by atoms with Gasteiger partial charge >= 0.3 is 0 Å². The van der Waals surface area contributed by atoms with Gasteiger partial charge in [0, 0.05) is 19.1 Å². The van der Waals surface area contributed by atoms with Crippen molar-refractivity contribution in [2.24, 2.45) is 5.73 Å². The first-order valence-electron chi connectivity index (χ1n) is 7.35. The third-order valence-electron chi connectivity index (χ3n) is 3.94. The molecule has 0 aromatic heterocycles. The molecule has 2 atom stereocenters. The molecule has 2 N–H and O–H groups in total. The summed E-state index contributed by atoms with van der Waals surface area (Å²) in [5, 5.41) is 0. The van der Waals surface area contributed by atoms with Crippen molar-refractivity contribution in [1.82, 2.24) is 4.31 Å². The van der Waals surface area contributed by atoms with Gasteiger partial charge in [-0.1, -0.05) is 13.0 Å². The number of aryl methyl sites for hydroxylation is 1. The summed E-state index contributed by atoms with van der Waals surface area (Å²) in [6, 6.07) is 5.10. The second kappa shape index (κ2) is 6.44. The average molecular weight is 312 g/mol. The van der Waals surface area contributed by atoms with Gasteiger partial charge in [-0.3, -0.25) is 0 Å². The number of nitrogens with zero attached hydrogens (tertiary/aromatic N) is 1. The van der Waals surface area contributed by atoms with E-state index in [-0.39, 0.29) is 12.1 Å². The summed E-state index contributed by atoms with van der Waals surface area (Å²) in [6.45, 7) is 6.96. The summed E-state index contributed by atoms with van der Waals surface area (Å²) in [7, 11) is -3.50. The largest absolute Gasteiger partial charge is 0.375 e. The van der Waals surface area contributed by atoms with Gasteiger partial charge in [0.05, 0.1) is 17.6 Å². The molecule has 0 spiro atoms. The smallest absolute Gasteiger partial charge is 0.243 e. The van der Waals surface area contributed by atoms with Gasteiger partial charge in [0.15, 0.2) is 0 Å². The Morgan fingerprint density at radius 1 is 1.33 bits per heavy atom. The average Bonchev–Trinajstić information content (AvgIpc) is 2.48. The van der Waals surface area contributed by atoms with Crippen LogP contribution in [0, 0.1) is 0 Å². The Labute approximate surface area is 127 Å². The molecule has 5 nitrogen and oxygen atoms in total. The van der Waals surface area contributed by atoms with E-state index in [0.717, 1.165) is 17.5 Å².